The molecule has 0 unspecified atom stereocenters. The summed E-state index contributed by atoms with van der Waals surface area (Å²) >= 11 is 0. The summed E-state index contributed by atoms with van der Waals surface area (Å²) in [5.74, 6) is 0. The summed E-state index contributed by atoms with van der Waals surface area (Å²) < 4.78 is 0. The van der Waals surface area contributed by atoms with E-state index < -0.39 is 0 Å². The molecule has 19 heavy (non-hydrogen) atoms. The fraction of sp³-hybridized carbons (Fsp3) is 0.294. The van der Waals surface area contributed by atoms with E-state index >= 15 is 0 Å². The van der Waals surface area contributed by atoms with Crippen molar-refractivity contribution in [2.75, 3.05) is 0 Å². The molecule has 0 atom stereocenters. The maximum Gasteiger partial charge on any atom is 0.0855 e. The van der Waals surface area contributed by atoms with Crippen LogP contribution < -0.4 is 0 Å². The van der Waals surface area contributed by atoms with E-state index in [0.717, 1.165) is 11.1 Å². The van der Waals surface area contributed by atoms with Crippen molar-refractivity contribution in [3.8, 4) is 0 Å². The number of hydroxylamine groups is 2. The van der Waals surface area contributed by atoms with E-state index in [1.807, 2.05) is 81.4 Å². The molecule has 0 amide bonds. The minimum Gasteiger partial charge on any atom is -0.313 e. The molecule has 0 aliphatic heterocycles. The van der Waals surface area contributed by atoms with Crippen molar-refractivity contribution in [3.05, 3.63) is 71.8 Å². The highest BCUT2D eigenvalue weighted by atomic mass is 16.5. The third-order valence-corrected chi connectivity index (χ3v) is 3.16. The Bertz CT molecular complexity index is 462. The number of benzene rings is 2. The number of rotatable bonds is 3. The van der Waals surface area contributed by atoms with Gasteiger partial charge < -0.3 is 5.21 Å². The minimum absolute atomic E-state index is 0.151. The van der Waals surface area contributed by atoms with Crippen LogP contribution in [0.2, 0.25) is 0 Å². The van der Waals surface area contributed by atoms with Gasteiger partial charge in [0.1, 0.15) is 0 Å². The normalized spacial score (nSPS) is 12.1. The Hall–Kier alpha value is -1.64. The van der Waals surface area contributed by atoms with Crippen LogP contribution in [0.1, 0.15) is 37.9 Å². The van der Waals surface area contributed by atoms with Crippen LogP contribution in [0.3, 0.4) is 0 Å². The van der Waals surface area contributed by atoms with Crippen LogP contribution >= 0.6 is 0 Å². The first-order valence-electron chi connectivity index (χ1n) is 6.58. The second-order valence-electron chi connectivity index (χ2n) is 5.74. The van der Waals surface area contributed by atoms with E-state index in [-0.39, 0.29) is 11.6 Å². The average Bonchev–Trinajstić information content (AvgIpc) is 2.40. The Labute approximate surface area is 115 Å². The summed E-state index contributed by atoms with van der Waals surface area (Å²) in [6.07, 6.45) is 0. The molecule has 2 rings (SSSR count). The molecular weight excluding hydrogens is 234 g/mol. The van der Waals surface area contributed by atoms with Crippen LogP contribution in [-0.4, -0.2) is 15.8 Å². The molecule has 0 bridgehead atoms. The standard InChI is InChI=1S/C17H21NO/c1-17(2,3)18(19)16(14-10-6-4-7-11-14)15-12-8-5-9-13-15/h4-13,16,19H,1-3H3. The van der Waals surface area contributed by atoms with Gasteiger partial charge in [0.05, 0.1) is 6.04 Å². The van der Waals surface area contributed by atoms with Gasteiger partial charge in [-0.1, -0.05) is 60.7 Å². The lowest BCUT2D eigenvalue weighted by molar-refractivity contribution is -0.179. The summed E-state index contributed by atoms with van der Waals surface area (Å²) in [4.78, 5) is 0. The van der Waals surface area contributed by atoms with Crippen LogP contribution in [-0.2, 0) is 0 Å². The SMILES string of the molecule is CC(C)(C)N(O)C(c1ccccc1)c1ccccc1. The summed E-state index contributed by atoms with van der Waals surface area (Å²) in [5.41, 5.74) is 1.85. The minimum atomic E-state index is -0.323. The number of nitrogens with zero attached hydrogens (tertiary/aromatic N) is 1. The maximum absolute atomic E-state index is 10.6. The number of hydrogen-bond acceptors (Lipinski definition) is 2. The van der Waals surface area contributed by atoms with Gasteiger partial charge in [0, 0.05) is 5.54 Å². The van der Waals surface area contributed by atoms with Crippen molar-refractivity contribution in [3.63, 3.8) is 0 Å². The Balaban J connectivity index is 2.46. The van der Waals surface area contributed by atoms with Gasteiger partial charge in [-0.15, -0.1) is 0 Å². The van der Waals surface area contributed by atoms with Crippen molar-refractivity contribution in [2.45, 2.75) is 32.4 Å². The third-order valence-electron chi connectivity index (χ3n) is 3.16. The van der Waals surface area contributed by atoms with E-state index in [4.69, 9.17) is 0 Å². The predicted molar refractivity (Wildman–Crippen MR) is 78.1 cm³/mol. The molecule has 2 nitrogen and oxygen atoms in total. The summed E-state index contributed by atoms with van der Waals surface area (Å²) in [5, 5.41) is 12.0. The van der Waals surface area contributed by atoms with Gasteiger partial charge in [-0.05, 0) is 31.9 Å². The Morgan fingerprint density at radius 1 is 0.789 bits per heavy atom. The zero-order valence-electron chi connectivity index (χ0n) is 11.7. The van der Waals surface area contributed by atoms with Gasteiger partial charge >= 0.3 is 0 Å². The molecule has 100 valence electrons. The van der Waals surface area contributed by atoms with Gasteiger partial charge in [-0.25, -0.2) is 0 Å². The van der Waals surface area contributed by atoms with Crippen molar-refractivity contribution >= 4 is 0 Å². The molecule has 0 saturated carbocycles. The van der Waals surface area contributed by atoms with Gasteiger partial charge in [0.25, 0.3) is 0 Å². The largest absolute Gasteiger partial charge is 0.313 e. The van der Waals surface area contributed by atoms with Gasteiger partial charge in [0.15, 0.2) is 0 Å². The highest BCUT2D eigenvalue weighted by Gasteiger charge is 2.29. The molecular formula is C17H21NO. The fourth-order valence-corrected chi connectivity index (χ4v) is 2.13. The molecule has 0 aliphatic carbocycles. The fourth-order valence-electron chi connectivity index (χ4n) is 2.13. The van der Waals surface area contributed by atoms with Crippen LogP contribution in [0.15, 0.2) is 60.7 Å². The zero-order valence-corrected chi connectivity index (χ0v) is 11.7. The van der Waals surface area contributed by atoms with Crippen LogP contribution in [0, 0.1) is 0 Å². The predicted octanol–water partition coefficient (Wildman–Crippen LogP) is 4.27. The second kappa shape index (κ2) is 5.55. The molecule has 0 saturated heterocycles. The summed E-state index contributed by atoms with van der Waals surface area (Å²) in [7, 11) is 0. The summed E-state index contributed by atoms with van der Waals surface area (Å²) in [6.45, 7) is 6.02. The van der Waals surface area contributed by atoms with Crippen molar-refractivity contribution in [2.24, 2.45) is 0 Å². The molecule has 2 aromatic carbocycles. The van der Waals surface area contributed by atoms with Gasteiger partial charge in [-0.3, -0.25) is 0 Å². The molecule has 1 N–H and O–H groups in total. The average molecular weight is 255 g/mol. The molecule has 2 heteroatoms. The van der Waals surface area contributed by atoms with E-state index in [1.165, 1.54) is 5.06 Å². The maximum atomic E-state index is 10.6. The second-order valence-corrected chi connectivity index (χ2v) is 5.74. The smallest absolute Gasteiger partial charge is 0.0855 e. The highest BCUT2D eigenvalue weighted by Crippen LogP contribution is 2.31. The monoisotopic (exact) mass is 255 g/mol. The van der Waals surface area contributed by atoms with Crippen molar-refractivity contribution < 1.29 is 5.21 Å². The zero-order chi connectivity index (χ0) is 13.9. The van der Waals surface area contributed by atoms with Crippen LogP contribution in [0.4, 0.5) is 0 Å². The molecule has 0 aliphatic rings. The lowest BCUT2D eigenvalue weighted by Gasteiger charge is -2.37. The lowest BCUT2D eigenvalue weighted by atomic mass is 9.95. The third kappa shape index (κ3) is 3.22. The Morgan fingerprint density at radius 2 is 1.16 bits per heavy atom. The van der Waals surface area contributed by atoms with E-state index in [2.05, 4.69) is 0 Å². The Kier molecular flexibility index (Phi) is 4.03. The quantitative estimate of drug-likeness (QED) is 0.828. The van der Waals surface area contributed by atoms with Gasteiger partial charge in [-0.2, -0.15) is 5.06 Å². The first-order chi connectivity index (χ1) is 9.00. The number of hydrogen-bond donors (Lipinski definition) is 1. The lowest BCUT2D eigenvalue weighted by Crippen LogP contribution is -2.41. The Morgan fingerprint density at radius 3 is 1.47 bits per heavy atom. The first-order valence-corrected chi connectivity index (χ1v) is 6.58. The first kappa shape index (κ1) is 13.8. The van der Waals surface area contributed by atoms with E-state index in [0.29, 0.717) is 0 Å². The molecule has 0 aromatic heterocycles. The molecule has 0 spiro atoms. The van der Waals surface area contributed by atoms with Crippen molar-refractivity contribution in [1.82, 2.24) is 5.06 Å². The topological polar surface area (TPSA) is 23.5 Å². The molecule has 0 heterocycles. The van der Waals surface area contributed by atoms with Crippen molar-refractivity contribution in [1.29, 1.82) is 0 Å². The van der Waals surface area contributed by atoms with E-state index in [9.17, 15) is 5.21 Å². The van der Waals surface area contributed by atoms with Crippen LogP contribution in [0.5, 0.6) is 0 Å². The molecule has 0 radical (unpaired) electrons. The molecule has 2 aromatic rings. The highest BCUT2D eigenvalue weighted by molar-refractivity contribution is 5.31. The van der Waals surface area contributed by atoms with Gasteiger partial charge in [0.2, 0.25) is 0 Å². The van der Waals surface area contributed by atoms with Crippen LogP contribution in [0.25, 0.3) is 0 Å². The van der Waals surface area contributed by atoms with E-state index in [1.54, 1.807) is 0 Å². The molecule has 0 fully saturated rings. The summed E-state index contributed by atoms with van der Waals surface area (Å²) in [6, 6.07) is 20.0.